The number of para-hydroxylation sites is 1. The van der Waals surface area contributed by atoms with E-state index >= 15 is 0 Å². The first-order valence-electron chi connectivity index (χ1n) is 8.06. The molecule has 1 aliphatic heterocycles. The predicted octanol–water partition coefficient (Wildman–Crippen LogP) is 1.28. The number of carbonyl (C=O) groups is 2. The van der Waals surface area contributed by atoms with E-state index in [1.54, 1.807) is 30.3 Å². The highest BCUT2D eigenvalue weighted by atomic mass is 32.2. The summed E-state index contributed by atoms with van der Waals surface area (Å²) in [6.45, 7) is 0. The van der Waals surface area contributed by atoms with Crippen molar-refractivity contribution in [1.29, 1.82) is 0 Å². The number of primary amides is 1. The number of hydrogen-bond donors (Lipinski definition) is 2. The third kappa shape index (κ3) is 4.12. The number of rotatable bonds is 6. The van der Waals surface area contributed by atoms with Gasteiger partial charge < -0.3 is 10.5 Å². The first-order valence-corrected chi connectivity index (χ1v) is 9.50. The van der Waals surface area contributed by atoms with Crippen LogP contribution < -0.4 is 15.5 Å². The Hall–Kier alpha value is -3.64. The highest BCUT2D eigenvalue weighted by Gasteiger charge is 2.40. The van der Waals surface area contributed by atoms with Gasteiger partial charge in [-0.25, -0.2) is 0 Å². The number of hydrogen-bond acceptors (Lipinski definition) is 8. The number of methoxy groups -OCH3 is 1. The first-order chi connectivity index (χ1) is 13.7. The van der Waals surface area contributed by atoms with Crippen molar-refractivity contribution in [2.24, 2.45) is 21.1 Å². The monoisotopic (exact) mass is 417 g/mol. The molecule has 2 amide bonds. The zero-order valence-electron chi connectivity index (χ0n) is 15.0. The van der Waals surface area contributed by atoms with Crippen LogP contribution in [0, 0.1) is 0 Å². The number of nitrogens with zero attached hydrogens (tertiary/aromatic N) is 4. The SMILES string of the molecule is COc1ccc(S(=O)(=O)O)cc1/N=N/C1C(=O)N(c2ccccc2)N=C1C(N)=O. The van der Waals surface area contributed by atoms with Crippen molar-refractivity contribution < 1.29 is 27.3 Å². The number of carbonyl (C=O) groups excluding carboxylic acids is 2. The van der Waals surface area contributed by atoms with Crippen molar-refractivity contribution in [3.63, 3.8) is 0 Å². The lowest BCUT2D eigenvalue weighted by atomic mass is 10.2. The number of hydrazone groups is 1. The maximum atomic E-state index is 12.7. The lowest BCUT2D eigenvalue weighted by Crippen LogP contribution is -2.35. The van der Waals surface area contributed by atoms with Crippen molar-refractivity contribution in [1.82, 2.24) is 0 Å². The summed E-state index contributed by atoms with van der Waals surface area (Å²) in [4.78, 5) is 24.0. The topological polar surface area (TPSA) is 164 Å². The lowest BCUT2D eigenvalue weighted by Gasteiger charge is -2.11. The molecule has 2 aromatic rings. The smallest absolute Gasteiger partial charge is 0.294 e. The molecule has 3 N–H and O–H groups in total. The molecular weight excluding hydrogens is 402 g/mol. The molecule has 0 spiro atoms. The van der Waals surface area contributed by atoms with Crippen molar-refractivity contribution >= 4 is 39.0 Å². The Morgan fingerprint density at radius 2 is 1.93 bits per heavy atom. The molecule has 150 valence electrons. The van der Waals surface area contributed by atoms with E-state index in [0.717, 1.165) is 17.1 Å². The van der Waals surface area contributed by atoms with Gasteiger partial charge in [0.15, 0.2) is 5.71 Å². The number of anilines is 1. The van der Waals surface area contributed by atoms with Crippen LogP contribution in [0.5, 0.6) is 5.75 Å². The minimum absolute atomic E-state index is 0.0857. The van der Waals surface area contributed by atoms with Crippen molar-refractivity contribution in [2.45, 2.75) is 10.9 Å². The zero-order valence-corrected chi connectivity index (χ0v) is 15.8. The molecule has 1 aliphatic rings. The molecule has 0 radical (unpaired) electrons. The minimum atomic E-state index is -4.50. The summed E-state index contributed by atoms with van der Waals surface area (Å²) >= 11 is 0. The Balaban J connectivity index is 1.99. The Bertz CT molecular complexity index is 1130. The van der Waals surface area contributed by atoms with Crippen LogP contribution in [0.15, 0.2) is 68.8 Å². The second kappa shape index (κ2) is 7.77. The highest BCUT2D eigenvalue weighted by Crippen LogP contribution is 2.31. The second-order valence-electron chi connectivity index (χ2n) is 5.76. The van der Waals surface area contributed by atoms with Crippen LogP contribution in [0.3, 0.4) is 0 Å². The summed E-state index contributed by atoms with van der Waals surface area (Å²) in [5.74, 6) is -1.50. The Morgan fingerprint density at radius 1 is 1.24 bits per heavy atom. The van der Waals surface area contributed by atoms with E-state index in [9.17, 15) is 22.6 Å². The van der Waals surface area contributed by atoms with Gasteiger partial charge in [-0.15, -0.1) is 0 Å². The van der Waals surface area contributed by atoms with Crippen LogP contribution >= 0.6 is 0 Å². The second-order valence-corrected chi connectivity index (χ2v) is 7.18. The third-order valence-electron chi connectivity index (χ3n) is 3.89. The summed E-state index contributed by atoms with van der Waals surface area (Å²) in [6.07, 6.45) is 0. The van der Waals surface area contributed by atoms with Crippen molar-refractivity contribution in [3.8, 4) is 5.75 Å². The van der Waals surface area contributed by atoms with E-state index in [2.05, 4.69) is 15.3 Å². The number of nitrogens with two attached hydrogens (primary N) is 1. The van der Waals surface area contributed by atoms with E-state index in [-0.39, 0.29) is 17.1 Å². The number of amides is 2. The first kappa shape index (κ1) is 20.1. The molecule has 29 heavy (non-hydrogen) atoms. The molecule has 0 fully saturated rings. The van der Waals surface area contributed by atoms with Gasteiger partial charge in [0, 0.05) is 0 Å². The van der Waals surface area contributed by atoms with Crippen LogP contribution in [-0.2, 0) is 19.7 Å². The Labute approximate surface area is 165 Å². The fourth-order valence-electron chi connectivity index (χ4n) is 2.52. The molecule has 12 heteroatoms. The molecule has 2 aromatic carbocycles. The molecule has 1 heterocycles. The number of azo groups is 1. The van der Waals surface area contributed by atoms with Gasteiger partial charge in [-0.2, -0.15) is 28.8 Å². The molecular formula is C17H15N5O6S. The van der Waals surface area contributed by atoms with Crippen LogP contribution in [0.2, 0.25) is 0 Å². The summed E-state index contributed by atoms with van der Waals surface area (Å²) in [6, 6.07) is 10.3. The van der Waals surface area contributed by atoms with Crippen molar-refractivity contribution in [2.75, 3.05) is 12.1 Å². The van der Waals surface area contributed by atoms with Gasteiger partial charge in [-0.05, 0) is 30.3 Å². The molecule has 1 unspecified atom stereocenters. The van der Waals surface area contributed by atoms with Crippen molar-refractivity contribution in [3.05, 3.63) is 48.5 Å². The molecule has 1 atom stereocenters. The van der Waals surface area contributed by atoms with E-state index in [1.165, 1.54) is 13.2 Å². The lowest BCUT2D eigenvalue weighted by molar-refractivity contribution is -0.118. The van der Waals surface area contributed by atoms with Crippen LogP contribution in [0.25, 0.3) is 0 Å². The fraction of sp³-hybridized carbons (Fsp3) is 0.118. The maximum absolute atomic E-state index is 12.7. The van der Waals surface area contributed by atoms with Gasteiger partial charge in [0.1, 0.15) is 11.4 Å². The third-order valence-corrected chi connectivity index (χ3v) is 4.74. The molecule has 0 saturated heterocycles. The molecule has 0 bridgehead atoms. The van der Waals surface area contributed by atoms with Gasteiger partial charge in [0.2, 0.25) is 6.04 Å². The molecule has 11 nitrogen and oxygen atoms in total. The fourth-order valence-corrected chi connectivity index (χ4v) is 3.02. The highest BCUT2D eigenvalue weighted by molar-refractivity contribution is 7.85. The van der Waals surface area contributed by atoms with E-state index in [4.69, 9.17) is 10.5 Å². The standard InChI is InChI=1S/C17H15N5O6S/c1-28-13-8-7-11(29(25,26)27)9-12(13)19-20-15-14(16(18)23)21-22(17(15)24)10-5-3-2-4-6-10/h2-9,15H,1H3,(H2,18,23)(H,25,26,27)/b20-19+. The summed E-state index contributed by atoms with van der Waals surface area (Å²) in [5, 5.41) is 12.6. The van der Waals surface area contributed by atoms with Gasteiger partial charge in [-0.1, -0.05) is 18.2 Å². The zero-order chi connectivity index (χ0) is 21.2. The summed E-state index contributed by atoms with van der Waals surface area (Å²) in [7, 11) is -3.18. The van der Waals surface area contributed by atoms with E-state index < -0.39 is 32.9 Å². The predicted molar refractivity (Wildman–Crippen MR) is 102 cm³/mol. The molecule has 0 saturated carbocycles. The average molecular weight is 417 g/mol. The molecule has 3 rings (SSSR count). The van der Waals surface area contributed by atoms with E-state index in [1.807, 2.05) is 0 Å². The van der Waals surface area contributed by atoms with E-state index in [0.29, 0.717) is 5.69 Å². The number of ether oxygens (including phenoxy) is 1. The molecule has 0 aromatic heterocycles. The average Bonchev–Trinajstić information content (AvgIpc) is 3.02. The normalized spacial score (nSPS) is 16.9. The van der Waals surface area contributed by atoms with Gasteiger partial charge >= 0.3 is 0 Å². The minimum Gasteiger partial charge on any atom is -0.494 e. The Kier molecular flexibility index (Phi) is 5.39. The van der Waals surface area contributed by atoms with Gasteiger partial charge in [0.25, 0.3) is 21.9 Å². The quantitative estimate of drug-likeness (QED) is 0.531. The maximum Gasteiger partial charge on any atom is 0.294 e. The summed E-state index contributed by atoms with van der Waals surface area (Å²) in [5.41, 5.74) is 5.30. The van der Waals surface area contributed by atoms with Crippen LogP contribution in [0.4, 0.5) is 11.4 Å². The molecule has 0 aliphatic carbocycles. The Morgan fingerprint density at radius 3 is 2.52 bits per heavy atom. The summed E-state index contributed by atoms with van der Waals surface area (Å²) < 4.78 is 36.9. The van der Waals surface area contributed by atoms with Gasteiger partial charge in [0.05, 0.1) is 17.7 Å². The van der Waals surface area contributed by atoms with Crippen LogP contribution in [0.1, 0.15) is 0 Å². The largest absolute Gasteiger partial charge is 0.494 e. The van der Waals surface area contributed by atoms with Gasteiger partial charge in [-0.3, -0.25) is 14.1 Å². The number of benzene rings is 2. The van der Waals surface area contributed by atoms with Crippen LogP contribution in [-0.4, -0.2) is 43.6 Å².